The second-order valence-corrected chi connectivity index (χ2v) is 12.7. The smallest absolute Gasteiger partial charge is 0.0652 e. The van der Waals surface area contributed by atoms with Crippen molar-refractivity contribution in [1.29, 1.82) is 0 Å². The molecule has 0 bridgehead atoms. The number of fused-ring (bicyclic) bond motifs is 8. The van der Waals surface area contributed by atoms with E-state index in [1.54, 1.807) is 18.2 Å². The lowest BCUT2D eigenvalue weighted by molar-refractivity contribution is 1.16. The van der Waals surface area contributed by atoms with Gasteiger partial charge in [0, 0.05) is 49.1 Å². The maximum absolute atomic E-state index is 10.2. The molecular formula is C49H31N3. The van der Waals surface area contributed by atoms with Gasteiger partial charge in [0.2, 0.25) is 0 Å². The van der Waals surface area contributed by atoms with Gasteiger partial charge < -0.3 is 13.5 Å². The molecule has 0 saturated heterocycles. The van der Waals surface area contributed by atoms with E-state index < -0.39 is 102 Å². The van der Waals surface area contributed by atoms with Crippen LogP contribution >= 0.6 is 0 Å². The van der Waals surface area contributed by atoms with E-state index in [9.17, 15) is 17.8 Å². The second-order valence-electron chi connectivity index (χ2n) is 12.7. The summed E-state index contributed by atoms with van der Waals surface area (Å²) in [5.74, 6) is 0. The molecule has 12 aromatic rings. The highest BCUT2D eigenvalue weighted by molar-refractivity contribution is 6.31. The quantitative estimate of drug-likeness (QED) is 0.176. The van der Waals surface area contributed by atoms with Gasteiger partial charge in [-0.15, -0.1) is 0 Å². The third-order valence-corrected chi connectivity index (χ3v) is 9.90. The highest BCUT2D eigenvalue weighted by atomic mass is 15.0. The van der Waals surface area contributed by atoms with E-state index >= 15 is 0 Å². The molecule has 0 unspecified atom stereocenters. The SMILES string of the molecule is [2H]c1c([2H])c([2H])c2c(c1[2H])c1c([2H])c([2H])c([2H])c3c4c([2H])c([2H])c([2H])c5c4c4c(c([2H])c([2H])c([2H])c4n2c31)n5-c1c([2H])c([2H])c2c(c1[2H])c1c([2H])c(C)c([2H])c([2H])c1n2-c1cccc(-c2ccccc2)c1. The Balaban J connectivity index is 1.38. The van der Waals surface area contributed by atoms with E-state index in [0.717, 1.165) is 20.1 Å². The van der Waals surface area contributed by atoms with Crippen molar-refractivity contribution in [1.82, 2.24) is 13.5 Å². The van der Waals surface area contributed by atoms with Crippen LogP contribution in [0, 0.1) is 6.92 Å². The van der Waals surface area contributed by atoms with Crippen LogP contribution in [0.25, 0.3) is 104 Å². The third kappa shape index (κ3) is 3.59. The lowest BCUT2D eigenvalue weighted by Crippen LogP contribution is -1.96. The number of rotatable bonds is 3. The van der Waals surface area contributed by atoms with Crippen LogP contribution in [0.5, 0.6) is 0 Å². The second kappa shape index (κ2) is 10.1. The molecule has 3 heteroatoms. The molecule has 8 aromatic carbocycles. The Morgan fingerprint density at radius 2 is 1.06 bits per heavy atom. The Labute approximate surface area is 325 Å². The zero-order valence-electron chi connectivity index (χ0n) is 46.0. The Hall–Kier alpha value is -6.84. The number of hydrogen-bond acceptors (Lipinski definition) is 0. The molecule has 0 radical (unpaired) electrons. The molecule has 0 aliphatic rings. The minimum atomic E-state index is -0.776. The summed E-state index contributed by atoms with van der Waals surface area (Å²) in [7, 11) is 0. The summed E-state index contributed by atoms with van der Waals surface area (Å²) in [5.41, 5.74) is -0.188. The molecule has 0 N–H and O–H groups in total. The first-order valence-corrected chi connectivity index (χ1v) is 16.5. The fourth-order valence-electron chi connectivity index (χ4n) is 7.78. The van der Waals surface area contributed by atoms with Crippen molar-refractivity contribution in [3.63, 3.8) is 0 Å². The first-order valence-electron chi connectivity index (χ1n) is 26.0. The predicted octanol–water partition coefficient (Wildman–Crippen LogP) is 13.0. The molecule has 52 heavy (non-hydrogen) atoms. The van der Waals surface area contributed by atoms with E-state index in [0.29, 0.717) is 5.69 Å². The summed E-state index contributed by atoms with van der Waals surface area (Å²) in [6, 6.07) is 4.73. The highest BCUT2D eigenvalue weighted by Gasteiger charge is 2.22. The maximum atomic E-state index is 10.2. The number of hydrogen-bond donors (Lipinski definition) is 0. The monoisotopic (exact) mass is 680 g/mol. The summed E-state index contributed by atoms with van der Waals surface area (Å²) >= 11 is 0. The first kappa shape index (κ1) is 15.6. The summed E-state index contributed by atoms with van der Waals surface area (Å²) < 4.78 is 182. The van der Waals surface area contributed by atoms with Gasteiger partial charge in [-0.2, -0.15) is 0 Å². The fraction of sp³-hybridized carbons (Fsp3) is 0.0204. The molecule has 4 aromatic heterocycles. The van der Waals surface area contributed by atoms with Crippen LogP contribution in [0.15, 0.2) is 169 Å². The lowest BCUT2D eigenvalue weighted by Gasteiger charge is -2.12. The molecule has 0 amide bonds. The van der Waals surface area contributed by atoms with Gasteiger partial charge in [0.05, 0.1) is 64.7 Å². The number of nitrogens with zero attached hydrogens (tertiary/aromatic N) is 3. The van der Waals surface area contributed by atoms with Crippen LogP contribution in [0.1, 0.15) is 31.6 Å². The van der Waals surface area contributed by atoms with Gasteiger partial charge in [-0.1, -0.05) is 108 Å². The van der Waals surface area contributed by atoms with Crippen LogP contribution in [0.3, 0.4) is 0 Å². The zero-order chi connectivity index (χ0) is 50.6. The molecule has 0 aliphatic heterocycles. The largest absolute Gasteiger partial charge is 0.309 e. The van der Waals surface area contributed by atoms with E-state index in [1.165, 1.54) is 11.5 Å². The molecular weight excluding hydrogens is 631 g/mol. The van der Waals surface area contributed by atoms with Gasteiger partial charge in [-0.05, 0) is 90.0 Å². The minimum Gasteiger partial charge on any atom is -0.309 e. The normalized spacial score (nSPS) is 17.4. The number of benzene rings is 8. The van der Waals surface area contributed by atoms with Crippen molar-refractivity contribution in [2.45, 2.75) is 6.92 Å². The standard InChI is InChI=1S/C49H31N3/c1-30-23-25-42-39(27-30)40-29-34(24-26-43(40)50(42)33-14-7-13-32(28-33)31-11-3-2-4-12-31)51-44-20-9-16-36-38-18-8-17-37-35-15-5-6-19-41(35)52(49(37)38)46-22-10-21-45(51)48(46)47(36)44/h2-29H,1H3/i5D,6D,8D,9D,10D,15D,16D,17D,18D,19D,20D,21D,22D,23D,24D,25D,26D,27D,29D. The van der Waals surface area contributed by atoms with Crippen LogP contribution in [-0.2, 0) is 0 Å². The average molecular weight is 681 g/mol. The summed E-state index contributed by atoms with van der Waals surface area (Å²) in [5, 5.41) is -1.68. The Morgan fingerprint density at radius 3 is 1.94 bits per heavy atom. The van der Waals surface area contributed by atoms with E-state index in [2.05, 4.69) is 0 Å². The lowest BCUT2D eigenvalue weighted by atomic mass is 10.0. The molecule has 0 saturated carbocycles. The van der Waals surface area contributed by atoms with E-state index in [-0.39, 0.29) is 105 Å². The molecule has 0 spiro atoms. The summed E-state index contributed by atoms with van der Waals surface area (Å²) in [4.78, 5) is 0. The van der Waals surface area contributed by atoms with Gasteiger partial charge in [-0.25, -0.2) is 0 Å². The van der Waals surface area contributed by atoms with Crippen molar-refractivity contribution < 1.29 is 26.0 Å². The molecule has 3 nitrogen and oxygen atoms in total. The average Bonchev–Trinajstić information content (AvgIpc) is 4.00. The summed E-state index contributed by atoms with van der Waals surface area (Å²) in [6.07, 6.45) is 0. The van der Waals surface area contributed by atoms with Gasteiger partial charge >= 0.3 is 0 Å². The van der Waals surface area contributed by atoms with Crippen LogP contribution < -0.4 is 0 Å². The summed E-state index contributed by atoms with van der Waals surface area (Å²) in [6.45, 7) is 1.48. The Morgan fingerprint density at radius 1 is 0.423 bits per heavy atom. The number of para-hydroxylation sites is 2. The third-order valence-electron chi connectivity index (χ3n) is 9.90. The predicted molar refractivity (Wildman–Crippen MR) is 220 cm³/mol. The topological polar surface area (TPSA) is 14.3 Å². The van der Waals surface area contributed by atoms with Crippen LogP contribution in [-0.4, -0.2) is 13.5 Å². The van der Waals surface area contributed by atoms with Gasteiger partial charge in [0.1, 0.15) is 0 Å². The van der Waals surface area contributed by atoms with Crippen molar-refractivity contribution >= 4 is 81.7 Å². The van der Waals surface area contributed by atoms with Crippen molar-refractivity contribution in [3.05, 3.63) is 175 Å². The molecule has 0 aliphatic carbocycles. The van der Waals surface area contributed by atoms with E-state index in [4.69, 9.17) is 8.22 Å². The molecule has 12 rings (SSSR count). The molecule has 4 heterocycles. The van der Waals surface area contributed by atoms with E-state index in [1.807, 2.05) is 36.4 Å². The van der Waals surface area contributed by atoms with Gasteiger partial charge in [0.15, 0.2) is 0 Å². The highest BCUT2D eigenvalue weighted by Crippen LogP contribution is 2.44. The Bertz CT molecular complexity index is 4510. The van der Waals surface area contributed by atoms with Crippen LogP contribution in [0.4, 0.5) is 0 Å². The van der Waals surface area contributed by atoms with Gasteiger partial charge in [0.25, 0.3) is 0 Å². The Kier molecular flexibility index (Phi) is 3.03. The molecule has 0 atom stereocenters. The minimum absolute atomic E-state index is 0.0138. The van der Waals surface area contributed by atoms with Crippen LogP contribution in [0.2, 0.25) is 0 Å². The molecule has 242 valence electrons. The van der Waals surface area contributed by atoms with Gasteiger partial charge in [-0.3, -0.25) is 0 Å². The first-order chi connectivity index (χ1) is 33.7. The molecule has 0 fully saturated rings. The van der Waals surface area contributed by atoms with Crippen molar-refractivity contribution in [2.24, 2.45) is 0 Å². The van der Waals surface area contributed by atoms with Crippen molar-refractivity contribution in [2.75, 3.05) is 0 Å². The number of aromatic nitrogens is 3. The van der Waals surface area contributed by atoms with Crippen molar-refractivity contribution in [3.8, 4) is 22.5 Å². The fourth-order valence-corrected chi connectivity index (χ4v) is 7.78. The maximum Gasteiger partial charge on any atom is 0.0652 e. The zero-order valence-corrected chi connectivity index (χ0v) is 27.0.